The van der Waals surface area contributed by atoms with Crippen molar-refractivity contribution in [2.75, 3.05) is 0 Å². The third-order valence-electron chi connectivity index (χ3n) is 2.72. The van der Waals surface area contributed by atoms with Gasteiger partial charge in [-0.05, 0) is 18.2 Å². The van der Waals surface area contributed by atoms with Gasteiger partial charge < -0.3 is 10.2 Å². The number of carbonyl (C=O) groups is 1. The number of aliphatic carboxylic acids is 1. The number of benzene rings is 2. The lowest BCUT2D eigenvalue weighted by molar-refractivity contribution is -0.130. The molecule has 0 aliphatic heterocycles. The molecule has 0 atom stereocenters. The summed E-state index contributed by atoms with van der Waals surface area (Å²) in [6, 6.07) is 10.0. The highest BCUT2D eigenvalue weighted by Crippen LogP contribution is 2.42. The van der Waals surface area contributed by atoms with E-state index in [0.717, 1.165) is 0 Å². The van der Waals surface area contributed by atoms with Crippen molar-refractivity contribution in [3.8, 4) is 5.75 Å². The fourth-order valence-electron chi connectivity index (χ4n) is 1.62. The van der Waals surface area contributed by atoms with E-state index in [0.29, 0.717) is 9.79 Å². The molecule has 0 aliphatic carbocycles. The van der Waals surface area contributed by atoms with Gasteiger partial charge in [0.25, 0.3) is 0 Å². The van der Waals surface area contributed by atoms with Crippen LogP contribution in [-0.2, 0) is 4.79 Å². The summed E-state index contributed by atoms with van der Waals surface area (Å²) < 4.78 is 0. The minimum absolute atomic E-state index is 0.124. The molecule has 0 bridgehead atoms. The SMILES string of the molecule is C=C(C(=O)O)c1ccc(Sc2ccccc2O)c(Cl)c1Cl. The number of hydrogen-bond donors (Lipinski definition) is 2. The first-order valence-corrected chi connectivity index (χ1v) is 7.35. The van der Waals surface area contributed by atoms with Gasteiger partial charge in [-0.25, -0.2) is 4.79 Å². The minimum Gasteiger partial charge on any atom is -0.507 e. The summed E-state index contributed by atoms with van der Waals surface area (Å²) in [4.78, 5) is 12.2. The number of rotatable bonds is 4. The fraction of sp³-hybridized carbons (Fsp3) is 0. The molecule has 6 heteroatoms. The summed E-state index contributed by atoms with van der Waals surface area (Å²) in [6.07, 6.45) is 0. The number of phenolic OH excluding ortho intramolecular Hbond substituents is 1. The molecule has 0 saturated heterocycles. The quantitative estimate of drug-likeness (QED) is 0.773. The van der Waals surface area contributed by atoms with Gasteiger partial charge in [-0.1, -0.05) is 59.7 Å². The van der Waals surface area contributed by atoms with Crippen LogP contribution in [-0.4, -0.2) is 16.2 Å². The molecule has 2 N–H and O–H groups in total. The van der Waals surface area contributed by atoms with Crippen LogP contribution in [0.25, 0.3) is 5.57 Å². The molecule has 0 amide bonds. The molecule has 21 heavy (non-hydrogen) atoms. The van der Waals surface area contributed by atoms with E-state index in [4.69, 9.17) is 28.3 Å². The molecule has 0 aliphatic rings. The number of para-hydroxylation sites is 1. The molecule has 2 rings (SSSR count). The van der Waals surface area contributed by atoms with Gasteiger partial charge in [0.2, 0.25) is 0 Å². The Morgan fingerprint density at radius 3 is 2.33 bits per heavy atom. The minimum atomic E-state index is -1.16. The second kappa shape index (κ2) is 6.43. The van der Waals surface area contributed by atoms with Gasteiger partial charge in [0.05, 0.1) is 20.5 Å². The maximum Gasteiger partial charge on any atom is 0.335 e. The normalized spacial score (nSPS) is 10.4. The summed E-state index contributed by atoms with van der Waals surface area (Å²) in [6.45, 7) is 3.46. The van der Waals surface area contributed by atoms with Crippen molar-refractivity contribution in [2.24, 2.45) is 0 Å². The van der Waals surface area contributed by atoms with Crippen molar-refractivity contribution in [2.45, 2.75) is 9.79 Å². The first-order chi connectivity index (χ1) is 9.91. The number of aromatic hydroxyl groups is 1. The van der Waals surface area contributed by atoms with Crippen LogP contribution in [0.2, 0.25) is 10.0 Å². The van der Waals surface area contributed by atoms with Gasteiger partial charge in [-0.2, -0.15) is 0 Å². The van der Waals surface area contributed by atoms with E-state index in [-0.39, 0.29) is 26.9 Å². The van der Waals surface area contributed by atoms with E-state index >= 15 is 0 Å². The Bertz CT molecular complexity index is 729. The number of halogens is 2. The van der Waals surface area contributed by atoms with Crippen molar-refractivity contribution in [1.82, 2.24) is 0 Å². The summed E-state index contributed by atoms with van der Waals surface area (Å²) in [5.74, 6) is -1.03. The average molecular weight is 341 g/mol. The second-order valence-corrected chi connectivity index (χ2v) is 5.93. The van der Waals surface area contributed by atoms with Gasteiger partial charge >= 0.3 is 5.97 Å². The monoisotopic (exact) mass is 340 g/mol. The zero-order chi connectivity index (χ0) is 15.6. The molecule has 3 nitrogen and oxygen atoms in total. The maximum atomic E-state index is 10.9. The van der Waals surface area contributed by atoms with E-state index in [9.17, 15) is 9.90 Å². The van der Waals surface area contributed by atoms with Crippen LogP contribution in [0, 0.1) is 0 Å². The molecule has 2 aromatic rings. The first-order valence-electron chi connectivity index (χ1n) is 5.78. The number of carboxylic acid groups (broad SMARTS) is 1. The Balaban J connectivity index is 2.40. The van der Waals surface area contributed by atoms with Crippen LogP contribution in [0.3, 0.4) is 0 Å². The molecule has 2 aromatic carbocycles. The molecule has 0 saturated carbocycles. The molecule has 0 heterocycles. The molecule has 0 aromatic heterocycles. The molecule has 0 unspecified atom stereocenters. The number of phenols is 1. The molecular weight excluding hydrogens is 331 g/mol. The largest absolute Gasteiger partial charge is 0.507 e. The van der Waals surface area contributed by atoms with Gasteiger partial charge in [0.1, 0.15) is 5.75 Å². The summed E-state index contributed by atoms with van der Waals surface area (Å²) in [5.41, 5.74) is 0.150. The Labute approximate surface area is 135 Å². The van der Waals surface area contributed by atoms with Crippen molar-refractivity contribution < 1.29 is 15.0 Å². The zero-order valence-corrected chi connectivity index (χ0v) is 13.0. The second-order valence-electron chi connectivity index (χ2n) is 4.09. The highest BCUT2D eigenvalue weighted by atomic mass is 35.5. The average Bonchev–Trinajstić information content (AvgIpc) is 2.45. The topological polar surface area (TPSA) is 57.5 Å². The van der Waals surface area contributed by atoms with Crippen molar-refractivity contribution in [3.05, 3.63) is 58.6 Å². The summed E-state index contributed by atoms with van der Waals surface area (Å²) in [5, 5.41) is 19.1. The smallest absolute Gasteiger partial charge is 0.335 e. The molecule has 0 radical (unpaired) electrons. The number of hydrogen-bond acceptors (Lipinski definition) is 3. The van der Waals surface area contributed by atoms with Crippen molar-refractivity contribution >= 4 is 46.5 Å². The van der Waals surface area contributed by atoms with Crippen LogP contribution in [0.15, 0.2) is 52.8 Å². The lowest BCUT2D eigenvalue weighted by atomic mass is 10.1. The highest BCUT2D eigenvalue weighted by Gasteiger charge is 2.17. The van der Waals surface area contributed by atoms with Crippen LogP contribution in [0.1, 0.15) is 5.56 Å². The Kier molecular flexibility index (Phi) is 4.83. The third kappa shape index (κ3) is 3.35. The Morgan fingerprint density at radius 1 is 1.05 bits per heavy atom. The van der Waals surface area contributed by atoms with Gasteiger partial charge in [-0.15, -0.1) is 0 Å². The molecule has 0 fully saturated rings. The Morgan fingerprint density at radius 2 is 1.71 bits per heavy atom. The van der Waals surface area contributed by atoms with Crippen LogP contribution in [0.4, 0.5) is 0 Å². The molecule has 0 spiro atoms. The highest BCUT2D eigenvalue weighted by molar-refractivity contribution is 7.99. The number of carboxylic acids is 1. The predicted molar refractivity (Wildman–Crippen MR) is 85.4 cm³/mol. The van der Waals surface area contributed by atoms with E-state index in [1.54, 1.807) is 36.4 Å². The summed E-state index contributed by atoms with van der Waals surface area (Å²) >= 11 is 13.5. The predicted octanol–water partition coefficient (Wildman–Crippen LogP) is 4.95. The van der Waals surface area contributed by atoms with Gasteiger partial charge in [0, 0.05) is 10.5 Å². The standard InChI is InChI=1S/C15H10Cl2O3S/c1-8(15(19)20)9-6-7-12(14(17)13(9)16)21-11-5-3-2-4-10(11)18/h2-7,18H,1H2,(H,19,20). The fourth-order valence-corrected chi connectivity index (χ4v) is 3.12. The zero-order valence-electron chi connectivity index (χ0n) is 10.6. The van der Waals surface area contributed by atoms with E-state index in [1.807, 2.05) is 0 Å². The maximum absolute atomic E-state index is 10.9. The van der Waals surface area contributed by atoms with E-state index < -0.39 is 5.97 Å². The molecule has 108 valence electrons. The van der Waals surface area contributed by atoms with E-state index in [2.05, 4.69) is 6.58 Å². The van der Waals surface area contributed by atoms with Crippen LogP contribution >= 0.6 is 35.0 Å². The summed E-state index contributed by atoms with van der Waals surface area (Å²) in [7, 11) is 0. The lowest BCUT2D eigenvalue weighted by Crippen LogP contribution is -1.99. The van der Waals surface area contributed by atoms with Crippen LogP contribution < -0.4 is 0 Å². The van der Waals surface area contributed by atoms with Gasteiger partial charge in [0.15, 0.2) is 0 Å². The van der Waals surface area contributed by atoms with Crippen molar-refractivity contribution in [3.63, 3.8) is 0 Å². The van der Waals surface area contributed by atoms with Crippen LogP contribution in [0.5, 0.6) is 5.75 Å². The van der Waals surface area contributed by atoms with E-state index in [1.165, 1.54) is 11.8 Å². The lowest BCUT2D eigenvalue weighted by Gasteiger charge is -2.11. The third-order valence-corrected chi connectivity index (χ3v) is 4.83. The Hall–Kier alpha value is -1.62. The van der Waals surface area contributed by atoms with Crippen molar-refractivity contribution in [1.29, 1.82) is 0 Å². The van der Waals surface area contributed by atoms with Gasteiger partial charge in [-0.3, -0.25) is 0 Å². The molecular formula is C15H10Cl2O3S. The first kappa shape index (κ1) is 15.8.